The Balaban J connectivity index is 2.23. The summed E-state index contributed by atoms with van der Waals surface area (Å²) in [4.78, 5) is 12.4. The van der Waals surface area contributed by atoms with Crippen LogP contribution in [0, 0.1) is 24.1 Å². The van der Waals surface area contributed by atoms with Crippen LogP contribution in [0.2, 0.25) is 0 Å². The van der Waals surface area contributed by atoms with E-state index in [2.05, 4.69) is 5.32 Å². The number of nitrogens with zero attached hydrogens (tertiary/aromatic N) is 1. The number of amides is 1. The van der Waals surface area contributed by atoms with Gasteiger partial charge in [-0.2, -0.15) is 5.26 Å². The molecule has 0 fully saturated rings. The highest BCUT2D eigenvalue weighted by Gasteiger charge is 2.13. The molecule has 18 heavy (non-hydrogen) atoms. The lowest BCUT2D eigenvalue weighted by Crippen LogP contribution is -2.12. The molecule has 0 saturated heterocycles. The fourth-order valence-corrected chi connectivity index (χ4v) is 2.29. The van der Waals surface area contributed by atoms with Crippen LogP contribution in [0.3, 0.4) is 0 Å². The highest BCUT2D eigenvalue weighted by molar-refractivity contribution is 7.12. The Morgan fingerprint density at radius 3 is 2.78 bits per heavy atom. The molecule has 1 heterocycles. The van der Waals surface area contributed by atoms with E-state index in [9.17, 15) is 9.18 Å². The molecular weight excluding hydrogens is 251 g/mol. The summed E-state index contributed by atoms with van der Waals surface area (Å²) in [5.74, 6) is -0.956. The van der Waals surface area contributed by atoms with E-state index < -0.39 is 5.82 Å². The molecule has 0 unspecified atom stereocenters. The normalized spacial score (nSPS) is 9.83. The number of benzene rings is 1. The summed E-state index contributed by atoms with van der Waals surface area (Å²) in [6.45, 7) is 1.82. The van der Waals surface area contributed by atoms with E-state index in [0.717, 1.165) is 11.6 Å². The molecule has 2 aromatic rings. The number of rotatable bonds is 2. The Morgan fingerprint density at radius 2 is 2.22 bits per heavy atom. The van der Waals surface area contributed by atoms with Gasteiger partial charge in [0, 0.05) is 0 Å². The largest absolute Gasteiger partial charge is 0.319 e. The van der Waals surface area contributed by atoms with Crippen LogP contribution in [0.4, 0.5) is 10.1 Å². The first kappa shape index (κ1) is 12.3. The van der Waals surface area contributed by atoms with Crippen molar-refractivity contribution in [3.05, 3.63) is 51.5 Å². The van der Waals surface area contributed by atoms with E-state index in [1.165, 1.54) is 23.5 Å². The van der Waals surface area contributed by atoms with Crippen LogP contribution in [0.5, 0.6) is 0 Å². The van der Waals surface area contributed by atoms with Gasteiger partial charge in [-0.25, -0.2) is 4.39 Å². The van der Waals surface area contributed by atoms with Crippen molar-refractivity contribution in [3.63, 3.8) is 0 Å². The fraction of sp³-hybridized carbons (Fsp3) is 0.0769. The van der Waals surface area contributed by atoms with E-state index in [0.29, 0.717) is 4.88 Å². The molecule has 1 N–H and O–H groups in total. The molecule has 0 aliphatic heterocycles. The molecule has 0 spiro atoms. The molecular formula is C13H9FN2OS. The Kier molecular flexibility index (Phi) is 3.40. The number of thiophene rings is 1. The molecule has 90 valence electrons. The van der Waals surface area contributed by atoms with Gasteiger partial charge in [-0.1, -0.05) is 0 Å². The van der Waals surface area contributed by atoms with Gasteiger partial charge in [0.25, 0.3) is 5.91 Å². The van der Waals surface area contributed by atoms with Crippen molar-refractivity contribution >= 4 is 22.9 Å². The summed E-state index contributed by atoms with van der Waals surface area (Å²) in [6, 6.07) is 7.60. The Labute approximate surface area is 107 Å². The summed E-state index contributed by atoms with van der Waals surface area (Å²) in [5, 5.41) is 12.9. The second-order valence-electron chi connectivity index (χ2n) is 3.69. The Hall–Kier alpha value is -2.19. The Bertz CT molecular complexity index is 643. The van der Waals surface area contributed by atoms with E-state index in [1.54, 1.807) is 5.38 Å². The molecule has 0 radical (unpaired) electrons. The van der Waals surface area contributed by atoms with E-state index >= 15 is 0 Å². The number of halogens is 1. The number of aryl methyl sites for hydroxylation is 1. The van der Waals surface area contributed by atoms with Crippen LogP contribution in [-0.2, 0) is 0 Å². The first-order chi connectivity index (χ1) is 8.61. The molecule has 1 aromatic heterocycles. The average Bonchev–Trinajstić information content (AvgIpc) is 2.78. The smallest absolute Gasteiger partial charge is 0.266 e. The first-order valence-corrected chi connectivity index (χ1v) is 6.05. The van der Waals surface area contributed by atoms with Gasteiger partial charge in [0.2, 0.25) is 0 Å². The zero-order chi connectivity index (χ0) is 13.1. The van der Waals surface area contributed by atoms with Crippen molar-refractivity contribution in [3.8, 4) is 6.07 Å². The zero-order valence-electron chi connectivity index (χ0n) is 9.53. The van der Waals surface area contributed by atoms with Crippen molar-refractivity contribution in [2.24, 2.45) is 0 Å². The number of nitrogens with one attached hydrogen (secondary N) is 1. The van der Waals surface area contributed by atoms with E-state index in [1.807, 2.05) is 19.1 Å². The van der Waals surface area contributed by atoms with Crippen LogP contribution in [0.1, 0.15) is 20.8 Å². The number of hydrogen-bond donors (Lipinski definition) is 1. The molecule has 5 heteroatoms. The summed E-state index contributed by atoms with van der Waals surface area (Å²) < 4.78 is 13.6. The van der Waals surface area contributed by atoms with Gasteiger partial charge in [-0.3, -0.25) is 4.79 Å². The van der Waals surface area contributed by atoms with Crippen LogP contribution in [0.25, 0.3) is 0 Å². The monoisotopic (exact) mass is 260 g/mol. The van der Waals surface area contributed by atoms with Crippen molar-refractivity contribution in [2.45, 2.75) is 6.92 Å². The first-order valence-electron chi connectivity index (χ1n) is 5.17. The minimum Gasteiger partial charge on any atom is -0.319 e. The lowest BCUT2D eigenvalue weighted by molar-refractivity contribution is 0.102. The number of carbonyl (C=O) groups is 1. The minimum absolute atomic E-state index is 0.0757. The van der Waals surface area contributed by atoms with Gasteiger partial charge >= 0.3 is 0 Å². The van der Waals surface area contributed by atoms with Gasteiger partial charge in [-0.05, 0) is 42.1 Å². The molecule has 0 aliphatic rings. The predicted octanol–water partition coefficient (Wildman–Crippen LogP) is 3.32. The fourth-order valence-electron chi connectivity index (χ4n) is 1.47. The maximum atomic E-state index is 13.6. The number of carbonyl (C=O) groups excluding carboxylic acids is 1. The highest BCUT2D eigenvalue weighted by atomic mass is 32.1. The average molecular weight is 260 g/mol. The minimum atomic E-state index is -0.614. The van der Waals surface area contributed by atoms with Gasteiger partial charge in [-0.15, -0.1) is 11.3 Å². The maximum absolute atomic E-state index is 13.6. The zero-order valence-corrected chi connectivity index (χ0v) is 10.3. The van der Waals surface area contributed by atoms with Crippen LogP contribution >= 0.6 is 11.3 Å². The van der Waals surface area contributed by atoms with Crippen LogP contribution in [0.15, 0.2) is 29.6 Å². The second-order valence-corrected chi connectivity index (χ2v) is 4.61. The summed E-state index contributed by atoms with van der Waals surface area (Å²) >= 11 is 1.30. The van der Waals surface area contributed by atoms with Gasteiger partial charge in [0.15, 0.2) is 0 Å². The molecule has 0 saturated carbocycles. The number of anilines is 1. The number of nitriles is 1. The molecule has 2 rings (SSSR count). The highest BCUT2D eigenvalue weighted by Crippen LogP contribution is 2.20. The van der Waals surface area contributed by atoms with Crippen molar-refractivity contribution in [1.82, 2.24) is 0 Å². The quantitative estimate of drug-likeness (QED) is 0.900. The molecule has 0 aliphatic carbocycles. The molecule has 3 nitrogen and oxygen atoms in total. The predicted molar refractivity (Wildman–Crippen MR) is 68.1 cm³/mol. The van der Waals surface area contributed by atoms with Gasteiger partial charge < -0.3 is 5.32 Å². The standard InChI is InChI=1S/C13H9FN2OS/c1-8-4-5-18-12(8)13(17)16-11-3-2-9(7-15)6-10(11)14/h2-6H,1H3,(H,16,17). The van der Waals surface area contributed by atoms with Crippen LogP contribution in [-0.4, -0.2) is 5.91 Å². The third-order valence-corrected chi connectivity index (χ3v) is 3.43. The molecule has 0 atom stereocenters. The molecule has 1 aromatic carbocycles. The van der Waals surface area contributed by atoms with Crippen molar-refractivity contribution in [2.75, 3.05) is 5.32 Å². The molecule has 0 bridgehead atoms. The second kappa shape index (κ2) is 4.98. The summed E-state index contributed by atoms with van der Waals surface area (Å²) in [7, 11) is 0. The van der Waals surface area contributed by atoms with Gasteiger partial charge in [0.1, 0.15) is 5.82 Å². The maximum Gasteiger partial charge on any atom is 0.266 e. The van der Waals surface area contributed by atoms with Crippen molar-refractivity contribution < 1.29 is 9.18 Å². The lowest BCUT2D eigenvalue weighted by atomic mass is 10.2. The Morgan fingerprint density at radius 1 is 1.44 bits per heavy atom. The third-order valence-electron chi connectivity index (χ3n) is 2.41. The van der Waals surface area contributed by atoms with E-state index in [4.69, 9.17) is 5.26 Å². The lowest BCUT2D eigenvalue weighted by Gasteiger charge is -2.05. The van der Waals surface area contributed by atoms with E-state index in [-0.39, 0.29) is 17.2 Å². The SMILES string of the molecule is Cc1ccsc1C(=O)Nc1ccc(C#N)cc1F. The third kappa shape index (κ3) is 2.39. The molecule has 1 amide bonds. The summed E-state index contributed by atoms with van der Waals surface area (Å²) in [6.07, 6.45) is 0. The van der Waals surface area contributed by atoms with Crippen LogP contribution < -0.4 is 5.32 Å². The topological polar surface area (TPSA) is 52.9 Å². The number of hydrogen-bond acceptors (Lipinski definition) is 3. The van der Waals surface area contributed by atoms with Gasteiger partial charge in [0.05, 0.1) is 22.2 Å². The van der Waals surface area contributed by atoms with Crippen molar-refractivity contribution in [1.29, 1.82) is 5.26 Å². The summed E-state index contributed by atoms with van der Waals surface area (Å²) in [5.41, 5.74) is 1.15.